The highest BCUT2D eigenvalue weighted by atomic mass is 16.5. The van der Waals surface area contributed by atoms with Gasteiger partial charge < -0.3 is 15.4 Å². The number of nitrogens with one attached hydrogen (secondary N) is 2. The van der Waals surface area contributed by atoms with Crippen molar-refractivity contribution in [3.05, 3.63) is 66.2 Å². The van der Waals surface area contributed by atoms with Gasteiger partial charge in [-0.05, 0) is 35.9 Å². The Kier molecular flexibility index (Phi) is 4.80. The monoisotopic (exact) mass is 350 g/mol. The van der Waals surface area contributed by atoms with Gasteiger partial charge in [-0.3, -0.25) is 9.59 Å². The van der Waals surface area contributed by atoms with E-state index >= 15 is 0 Å². The largest absolute Gasteiger partial charge is 0.490 e. The predicted octanol–water partition coefficient (Wildman–Crippen LogP) is 4.12. The average molecular weight is 350 g/mol. The molecule has 0 saturated heterocycles. The molecule has 134 valence electrons. The Balaban J connectivity index is 1.79. The third kappa shape index (κ3) is 3.77. The van der Waals surface area contributed by atoms with Crippen LogP contribution in [0.15, 0.2) is 55.1 Å². The molecule has 5 nitrogen and oxygen atoms in total. The first-order valence-electron chi connectivity index (χ1n) is 8.48. The molecule has 0 unspecified atom stereocenters. The molecule has 0 spiro atoms. The highest BCUT2D eigenvalue weighted by Crippen LogP contribution is 2.38. The van der Waals surface area contributed by atoms with Gasteiger partial charge in [0.15, 0.2) is 0 Å². The zero-order chi connectivity index (χ0) is 18.7. The van der Waals surface area contributed by atoms with E-state index in [1.54, 1.807) is 36.4 Å². The van der Waals surface area contributed by atoms with Crippen molar-refractivity contribution in [2.75, 3.05) is 17.2 Å². The lowest BCUT2D eigenvalue weighted by Crippen LogP contribution is -2.32. The van der Waals surface area contributed by atoms with Gasteiger partial charge >= 0.3 is 0 Å². The molecule has 0 saturated carbocycles. The van der Waals surface area contributed by atoms with Crippen molar-refractivity contribution >= 4 is 23.2 Å². The van der Waals surface area contributed by atoms with Crippen molar-refractivity contribution in [3.8, 4) is 5.75 Å². The molecule has 0 bridgehead atoms. The molecule has 2 aromatic rings. The normalized spacial score (nSPS) is 14.8. The minimum atomic E-state index is -0.240. The number of carbonyl (C=O) groups is 2. The maximum atomic E-state index is 12.5. The average Bonchev–Trinajstić information content (AvgIpc) is 2.59. The van der Waals surface area contributed by atoms with Gasteiger partial charge in [0.05, 0.1) is 0 Å². The van der Waals surface area contributed by atoms with Crippen molar-refractivity contribution < 1.29 is 14.3 Å². The molecule has 1 aliphatic rings. The van der Waals surface area contributed by atoms with Crippen molar-refractivity contribution in [1.29, 1.82) is 0 Å². The number of ether oxygens (including phenoxy) is 1. The minimum absolute atomic E-state index is 0.0157. The topological polar surface area (TPSA) is 67.4 Å². The molecule has 2 aromatic carbocycles. The van der Waals surface area contributed by atoms with Crippen LogP contribution < -0.4 is 15.4 Å². The molecule has 0 fully saturated rings. The van der Waals surface area contributed by atoms with Crippen LogP contribution in [0.4, 0.5) is 11.4 Å². The molecule has 0 aromatic heterocycles. The van der Waals surface area contributed by atoms with Crippen LogP contribution in [0.1, 0.15) is 36.2 Å². The first-order valence-corrected chi connectivity index (χ1v) is 8.48. The van der Waals surface area contributed by atoms with Crippen molar-refractivity contribution in [1.82, 2.24) is 0 Å². The van der Waals surface area contributed by atoms with Crippen LogP contribution in [-0.2, 0) is 10.2 Å². The van der Waals surface area contributed by atoms with Crippen LogP contribution in [0.5, 0.6) is 5.75 Å². The number of anilines is 2. The van der Waals surface area contributed by atoms with Gasteiger partial charge in [0.2, 0.25) is 5.91 Å². The maximum absolute atomic E-state index is 12.5. The summed E-state index contributed by atoms with van der Waals surface area (Å²) >= 11 is 0. The molecule has 26 heavy (non-hydrogen) atoms. The molecular weight excluding hydrogens is 328 g/mol. The summed E-state index contributed by atoms with van der Waals surface area (Å²) in [7, 11) is 0. The van der Waals surface area contributed by atoms with Gasteiger partial charge in [-0.25, -0.2) is 0 Å². The minimum Gasteiger partial charge on any atom is -0.490 e. The zero-order valence-electron chi connectivity index (χ0n) is 15.0. The van der Waals surface area contributed by atoms with Crippen LogP contribution in [0.3, 0.4) is 0 Å². The highest BCUT2D eigenvalue weighted by Gasteiger charge is 2.31. The summed E-state index contributed by atoms with van der Waals surface area (Å²) in [5.74, 6) is 0.352. The lowest BCUT2D eigenvalue weighted by Gasteiger charge is -2.32. The van der Waals surface area contributed by atoms with E-state index in [2.05, 4.69) is 17.2 Å². The molecule has 0 radical (unpaired) electrons. The van der Waals surface area contributed by atoms with Gasteiger partial charge in [-0.1, -0.05) is 38.6 Å². The van der Waals surface area contributed by atoms with Crippen LogP contribution >= 0.6 is 0 Å². The van der Waals surface area contributed by atoms with Crippen molar-refractivity contribution in [2.24, 2.45) is 0 Å². The van der Waals surface area contributed by atoms with E-state index in [1.807, 2.05) is 26.0 Å². The lowest BCUT2D eigenvalue weighted by atomic mass is 9.78. The Morgan fingerprint density at radius 3 is 2.88 bits per heavy atom. The van der Waals surface area contributed by atoms with E-state index in [0.717, 1.165) is 11.3 Å². The summed E-state index contributed by atoms with van der Waals surface area (Å²) in [6.45, 7) is 8.06. The fourth-order valence-electron chi connectivity index (χ4n) is 3.09. The second-order valence-corrected chi connectivity index (χ2v) is 6.95. The van der Waals surface area contributed by atoms with Gasteiger partial charge in [-0.2, -0.15) is 0 Å². The van der Waals surface area contributed by atoms with E-state index < -0.39 is 0 Å². The number of hydrogen-bond acceptors (Lipinski definition) is 3. The molecule has 0 aliphatic carbocycles. The summed E-state index contributed by atoms with van der Waals surface area (Å²) in [6.07, 6.45) is 2.10. The molecule has 5 heteroatoms. The Labute approximate surface area is 153 Å². The Hall–Kier alpha value is -3.08. The van der Waals surface area contributed by atoms with Gasteiger partial charge in [0.25, 0.3) is 5.91 Å². The van der Waals surface area contributed by atoms with Crippen LogP contribution in [-0.4, -0.2) is 18.4 Å². The molecule has 2 N–H and O–H groups in total. The second kappa shape index (κ2) is 7.04. The van der Waals surface area contributed by atoms with E-state index in [1.165, 1.54) is 0 Å². The summed E-state index contributed by atoms with van der Waals surface area (Å²) < 4.78 is 5.46. The first-order chi connectivity index (χ1) is 12.4. The maximum Gasteiger partial charge on any atom is 0.255 e. The lowest BCUT2D eigenvalue weighted by molar-refractivity contribution is -0.117. The Morgan fingerprint density at radius 1 is 1.31 bits per heavy atom. The Morgan fingerprint density at radius 2 is 2.12 bits per heavy atom. The molecular formula is C21H22N2O3. The summed E-state index contributed by atoms with van der Waals surface area (Å²) in [5, 5.41) is 5.75. The molecule has 2 amide bonds. The number of benzene rings is 2. The summed E-state index contributed by atoms with van der Waals surface area (Å²) in [5.41, 5.74) is 2.71. The molecule has 1 heterocycles. The van der Waals surface area contributed by atoms with Gasteiger partial charge in [0, 0.05) is 28.8 Å². The summed E-state index contributed by atoms with van der Waals surface area (Å²) in [6, 6.07) is 12.6. The van der Waals surface area contributed by atoms with E-state index in [9.17, 15) is 9.59 Å². The van der Waals surface area contributed by atoms with Crippen molar-refractivity contribution in [2.45, 2.75) is 25.7 Å². The standard InChI is InChI=1S/C21H22N2O3/c1-4-10-26-16-7-5-6-14(11-16)20(25)22-15-8-9-17-18(12-15)23-19(24)13-21(17,2)3/h4-9,11-12H,1,10,13H2,2-3H3,(H,22,25)(H,23,24). The highest BCUT2D eigenvalue weighted by molar-refractivity contribution is 6.05. The fourth-order valence-corrected chi connectivity index (χ4v) is 3.09. The summed E-state index contributed by atoms with van der Waals surface area (Å²) in [4.78, 5) is 24.4. The Bertz CT molecular complexity index is 871. The van der Waals surface area contributed by atoms with Gasteiger partial charge in [0.1, 0.15) is 12.4 Å². The van der Waals surface area contributed by atoms with Crippen LogP contribution in [0.25, 0.3) is 0 Å². The van der Waals surface area contributed by atoms with E-state index in [4.69, 9.17) is 4.74 Å². The molecule has 3 rings (SSSR count). The molecule has 1 aliphatic heterocycles. The second-order valence-electron chi connectivity index (χ2n) is 6.95. The van der Waals surface area contributed by atoms with E-state index in [0.29, 0.717) is 30.0 Å². The fraction of sp³-hybridized carbons (Fsp3) is 0.238. The third-order valence-corrected chi connectivity index (χ3v) is 4.35. The predicted molar refractivity (Wildman–Crippen MR) is 103 cm³/mol. The number of fused-ring (bicyclic) bond motifs is 1. The van der Waals surface area contributed by atoms with Gasteiger partial charge in [-0.15, -0.1) is 0 Å². The SMILES string of the molecule is C=CCOc1cccc(C(=O)Nc2ccc3c(c2)NC(=O)CC3(C)C)c1. The quantitative estimate of drug-likeness (QED) is 0.797. The van der Waals surface area contributed by atoms with Crippen LogP contribution in [0, 0.1) is 0 Å². The number of carbonyl (C=O) groups excluding carboxylic acids is 2. The number of hydrogen-bond donors (Lipinski definition) is 2. The number of rotatable bonds is 5. The van der Waals surface area contributed by atoms with E-state index in [-0.39, 0.29) is 17.2 Å². The zero-order valence-corrected chi connectivity index (χ0v) is 15.0. The smallest absolute Gasteiger partial charge is 0.255 e. The first kappa shape index (κ1) is 17.7. The third-order valence-electron chi connectivity index (χ3n) is 4.35. The number of amides is 2. The van der Waals surface area contributed by atoms with Crippen molar-refractivity contribution in [3.63, 3.8) is 0 Å². The van der Waals surface area contributed by atoms with Crippen LogP contribution in [0.2, 0.25) is 0 Å². The molecule has 0 atom stereocenters.